The summed E-state index contributed by atoms with van der Waals surface area (Å²) >= 11 is 0. The molecule has 4 unspecified atom stereocenters. The molecule has 0 spiro atoms. The minimum Gasteiger partial charge on any atom is -0.549 e. The molecule has 97 heavy (non-hydrogen) atoms. The number of carboxylic acids is 4. The van der Waals surface area contributed by atoms with Crippen molar-refractivity contribution in [3.05, 3.63) is 0 Å². The van der Waals surface area contributed by atoms with Gasteiger partial charge in [0.1, 0.15) is 23.1 Å². The van der Waals surface area contributed by atoms with Crippen LogP contribution in [0.2, 0.25) is 0 Å². The molecule has 0 rings (SSSR count). The molecule has 0 aliphatic rings. The number of ketones is 4. The van der Waals surface area contributed by atoms with Gasteiger partial charge in [-0.3, -0.25) is 19.2 Å². The van der Waals surface area contributed by atoms with Gasteiger partial charge >= 0.3 is 26.2 Å². The van der Waals surface area contributed by atoms with Gasteiger partial charge < -0.3 is 96.4 Å². The predicted octanol–water partition coefficient (Wildman–Crippen LogP) is 9.74. The molecule has 0 bridgehead atoms. The van der Waals surface area contributed by atoms with Crippen molar-refractivity contribution in [1.29, 1.82) is 0 Å². The molecular weight excluding hydrogens is 1340 g/mol. The van der Waals surface area contributed by atoms with Gasteiger partial charge in [-0.25, -0.2) is 0 Å². The number of carbonyl (C=O) groups is 8. The van der Waals surface area contributed by atoms with Gasteiger partial charge in [0.2, 0.25) is 0 Å². The minimum absolute atomic E-state index is 0. The Morgan fingerprint density at radius 2 is 0.320 bits per heavy atom. The summed E-state index contributed by atoms with van der Waals surface area (Å²) in [7, 11) is 0. The first kappa shape index (κ1) is 103. The molecule has 0 aromatic heterocycles. The maximum Gasteiger partial charge on any atom is 4.00 e. The normalized spacial score (nSPS) is 12.9. The molecule has 25 heteroatoms. The first-order valence-corrected chi connectivity index (χ1v) is 36.2. The molecule has 0 saturated carbocycles. The molecule has 4 atom stereocenters. The number of aliphatic carboxylic acids is 4. The molecule has 0 aliphatic carbocycles. The van der Waals surface area contributed by atoms with E-state index in [-0.39, 0.29) is 51.9 Å². The maximum atomic E-state index is 11.7. The van der Waals surface area contributed by atoms with Gasteiger partial charge in [0.05, 0.1) is 127 Å². The van der Waals surface area contributed by atoms with Gasteiger partial charge in [-0.2, -0.15) is 0 Å². The van der Waals surface area contributed by atoms with Crippen LogP contribution in [0.25, 0.3) is 0 Å². The van der Waals surface area contributed by atoms with Crippen molar-refractivity contribution >= 4 is 47.0 Å². The second kappa shape index (κ2) is 66.2. The standard InChI is InChI=1S/4C18H34O6.Zr/c4*1-5-8-11-22-18(23-12-9-6-2,24-13-10-7-3)14-16(15(4)19)17(20)21;/h4*16H,5-14H2,1-4H3,(H,20,21);/q;;;;+4/p-4. The van der Waals surface area contributed by atoms with Crippen LogP contribution in [0.1, 0.15) is 291 Å². The summed E-state index contributed by atoms with van der Waals surface area (Å²) in [5.41, 5.74) is 0. The van der Waals surface area contributed by atoms with E-state index in [1.807, 2.05) is 83.1 Å². The summed E-state index contributed by atoms with van der Waals surface area (Å²) < 4.78 is 69.7. The van der Waals surface area contributed by atoms with Gasteiger partial charge in [-0.15, -0.1) is 0 Å². The van der Waals surface area contributed by atoms with Crippen LogP contribution in [-0.4, -0.2) is 150 Å². The van der Waals surface area contributed by atoms with E-state index >= 15 is 0 Å². The Balaban J connectivity index is -0.000000386. The molecule has 0 saturated heterocycles. The Bertz CT molecular complexity index is 1540. The quantitative estimate of drug-likeness (QED) is 0.0310. The zero-order valence-electron chi connectivity index (χ0n) is 62.9. The molecule has 0 aliphatic heterocycles. The molecule has 0 aromatic rings. The monoisotopic (exact) mass is 1470 g/mol. The zero-order valence-corrected chi connectivity index (χ0v) is 65.3. The predicted molar refractivity (Wildman–Crippen MR) is 356 cm³/mol. The van der Waals surface area contributed by atoms with Crippen LogP contribution in [0.4, 0.5) is 0 Å². The van der Waals surface area contributed by atoms with Crippen molar-refractivity contribution in [3.63, 3.8) is 0 Å². The topological polar surface area (TPSA) is 340 Å². The van der Waals surface area contributed by atoms with Gasteiger partial charge in [0.15, 0.2) is 0 Å². The van der Waals surface area contributed by atoms with E-state index in [0.717, 1.165) is 154 Å². The molecule has 0 N–H and O–H groups in total. The molecular formula is C72H132O24Zr. The smallest absolute Gasteiger partial charge is 0.549 e. The van der Waals surface area contributed by atoms with Gasteiger partial charge in [-0.1, -0.05) is 160 Å². The van der Waals surface area contributed by atoms with Crippen molar-refractivity contribution in [3.8, 4) is 0 Å². The Hall–Kier alpha value is -3.04. The average molecular weight is 1470 g/mol. The number of carboxylic acid groups (broad SMARTS) is 4. The molecule has 568 valence electrons. The second-order valence-electron chi connectivity index (χ2n) is 23.9. The van der Waals surface area contributed by atoms with Crippen molar-refractivity contribution in [2.24, 2.45) is 23.7 Å². The van der Waals surface area contributed by atoms with Crippen molar-refractivity contribution < 1.29 is 142 Å². The summed E-state index contributed by atoms with van der Waals surface area (Å²) in [5, 5.41) is 45.2. The Kier molecular flexibility index (Phi) is 70.0. The second-order valence-corrected chi connectivity index (χ2v) is 23.9. The van der Waals surface area contributed by atoms with Crippen LogP contribution < -0.4 is 20.4 Å². The number of carbonyl (C=O) groups excluding carboxylic acids is 8. The number of hydrogen-bond donors (Lipinski definition) is 0. The maximum absolute atomic E-state index is 11.7. The summed E-state index contributed by atoms with van der Waals surface area (Å²) in [5.74, 6) is -18.9. The third-order valence-corrected chi connectivity index (χ3v) is 14.8. The molecule has 0 fully saturated rings. The summed E-state index contributed by atoms with van der Waals surface area (Å²) in [6.45, 7) is 33.8. The fourth-order valence-electron chi connectivity index (χ4n) is 8.24. The number of rotatable bonds is 64. The first-order valence-electron chi connectivity index (χ1n) is 36.2. The largest absolute Gasteiger partial charge is 4.00 e. The molecule has 24 nitrogen and oxygen atoms in total. The van der Waals surface area contributed by atoms with Crippen LogP contribution >= 0.6 is 0 Å². The third-order valence-electron chi connectivity index (χ3n) is 14.8. The fraction of sp³-hybridized carbons (Fsp3) is 0.889. The Morgan fingerprint density at radius 3 is 0.381 bits per heavy atom. The van der Waals surface area contributed by atoms with Crippen molar-refractivity contribution in [2.45, 2.75) is 314 Å². The third kappa shape index (κ3) is 52.6. The SMILES string of the molecule is CCCCOC(CC(C(C)=O)C(=O)[O-])(OCCCC)OCCCC.CCCCOC(CC(C(C)=O)C(=O)[O-])(OCCCC)OCCCC.CCCCOC(CC(C(C)=O)C(=O)[O-])(OCCCC)OCCCC.CCCCOC(CC(C(C)=O)C(=O)[O-])(OCCCC)OCCCC.[Zr+4]. The number of hydrogen-bond acceptors (Lipinski definition) is 24. The van der Waals surface area contributed by atoms with E-state index in [0.29, 0.717) is 79.3 Å². The van der Waals surface area contributed by atoms with Crippen LogP contribution in [0.15, 0.2) is 0 Å². The van der Waals surface area contributed by atoms with E-state index < -0.39 is 94.6 Å². The van der Waals surface area contributed by atoms with E-state index in [9.17, 15) is 58.8 Å². The molecule has 0 aromatic carbocycles. The summed E-state index contributed by atoms with van der Waals surface area (Å²) in [6, 6.07) is 0. The molecule has 0 heterocycles. The summed E-state index contributed by atoms with van der Waals surface area (Å²) in [6.07, 6.45) is 19.9. The van der Waals surface area contributed by atoms with Gasteiger partial charge in [0.25, 0.3) is 23.9 Å². The van der Waals surface area contributed by atoms with E-state index in [4.69, 9.17) is 56.8 Å². The van der Waals surface area contributed by atoms with Gasteiger partial charge in [0, 0.05) is 25.7 Å². The van der Waals surface area contributed by atoms with E-state index in [1.165, 1.54) is 27.7 Å². The average Bonchev–Trinajstić information content (AvgIpc) is 0.890. The van der Waals surface area contributed by atoms with E-state index in [1.54, 1.807) is 0 Å². The van der Waals surface area contributed by atoms with Crippen molar-refractivity contribution in [2.75, 3.05) is 79.3 Å². The molecule has 0 amide bonds. The fourth-order valence-corrected chi connectivity index (χ4v) is 8.24. The molecule has 0 radical (unpaired) electrons. The van der Waals surface area contributed by atoms with E-state index in [2.05, 4.69) is 0 Å². The van der Waals surface area contributed by atoms with Crippen LogP contribution in [0.3, 0.4) is 0 Å². The summed E-state index contributed by atoms with van der Waals surface area (Å²) in [4.78, 5) is 91.9. The van der Waals surface area contributed by atoms with Crippen LogP contribution in [-0.2, 0) is 121 Å². The minimum atomic E-state index is -1.50. The Labute approximate surface area is 603 Å². The first-order chi connectivity index (χ1) is 45.7. The number of ether oxygens (including phenoxy) is 12. The van der Waals surface area contributed by atoms with Gasteiger partial charge in [-0.05, 0) is 105 Å². The van der Waals surface area contributed by atoms with Crippen molar-refractivity contribution in [1.82, 2.24) is 0 Å². The van der Waals surface area contributed by atoms with Crippen LogP contribution in [0, 0.1) is 23.7 Å². The Morgan fingerprint density at radius 1 is 0.227 bits per heavy atom. The zero-order chi connectivity index (χ0) is 73.7. The van der Waals surface area contributed by atoms with Crippen LogP contribution in [0.5, 0.6) is 0 Å². The number of unbranched alkanes of at least 4 members (excludes halogenated alkanes) is 12. The number of Topliss-reactive ketones (excluding diaryl/α,β-unsaturated/α-hetero) is 4.